The number of rotatable bonds is 8. The number of hydrogen-bond acceptors (Lipinski definition) is 4. The maximum absolute atomic E-state index is 11.8. The second kappa shape index (κ2) is 7.75. The second-order valence-electron chi connectivity index (χ2n) is 4.79. The number of aliphatic hydroxyl groups is 1. The van der Waals surface area contributed by atoms with Crippen LogP contribution in [-0.4, -0.2) is 36.4 Å². The van der Waals surface area contributed by atoms with Gasteiger partial charge in [0.25, 0.3) is 5.91 Å². The number of benzene rings is 1. The van der Waals surface area contributed by atoms with Gasteiger partial charge in [0.1, 0.15) is 0 Å². The van der Waals surface area contributed by atoms with Gasteiger partial charge in [-0.1, -0.05) is 19.1 Å². The summed E-state index contributed by atoms with van der Waals surface area (Å²) in [6, 6.07) is 7.21. The van der Waals surface area contributed by atoms with Gasteiger partial charge < -0.3 is 19.9 Å². The molecule has 0 heterocycles. The zero-order valence-electron chi connectivity index (χ0n) is 12.3. The van der Waals surface area contributed by atoms with Gasteiger partial charge in [-0.05, 0) is 32.4 Å². The van der Waals surface area contributed by atoms with E-state index in [-0.39, 0.29) is 19.1 Å². The van der Waals surface area contributed by atoms with E-state index in [1.54, 1.807) is 19.1 Å². The molecular formula is C15H23NO4. The van der Waals surface area contributed by atoms with Gasteiger partial charge in [-0.2, -0.15) is 0 Å². The molecule has 1 aromatic carbocycles. The highest BCUT2D eigenvalue weighted by atomic mass is 16.5. The van der Waals surface area contributed by atoms with Crippen LogP contribution in [0.15, 0.2) is 24.3 Å². The number of amides is 1. The summed E-state index contributed by atoms with van der Waals surface area (Å²) >= 11 is 0. The SMILES string of the molecule is CCOc1ccccc1OCC(=O)NC(C)(CC)CO. The zero-order valence-corrected chi connectivity index (χ0v) is 12.3. The highest BCUT2D eigenvalue weighted by molar-refractivity contribution is 5.78. The van der Waals surface area contributed by atoms with Crippen molar-refractivity contribution in [1.82, 2.24) is 5.32 Å². The molecule has 1 rings (SSSR count). The van der Waals surface area contributed by atoms with E-state index in [0.717, 1.165) is 0 Å². The highest BCUT2D eigenvalue weighted by Gasteiger charge is 2.23. The van der Waals surface area contributed by atoms with Gasteiger partial charge in [-0.15, -0.1) is 0 Å². The van der Waals surface area contributed by atoms with Crippen molar-refractivity contribution < 1.29 is 19.4 Å². The second-order valence-corrected chi connectivity index (χ2v) is 4.79. The minimum Gasteiger partial charge on any atom is -0.490 e. The molecule has 0 aliphatic carbocycles. The van der Waals surface area contributed by atoms with Crippen LogP contribution in [0.4, 0.5) is 0 Å². The van der Waals surface area contributed by atoms with E-state index >= 15 is 0 Å². The molecule has 5 heteroatoms. The van der Waals surface area contributed by atoms with Crippen LogP contribution in [0.25, 0.3) is 0 Å². The van der Waals surface area contributed by atoms with Crippen LogP contribution >= 0.6 is 0 Å². The quantitative estimate of drug-likeness (QED) is 0.761. The van der Waals surface area contributed by atoms with E-state index in [1.165, 1.54) is 0 Å². The van der Waals surface area contributed by atoms with Gasteiger partial charge in [0.15, 0.2) is 18.1 Å². The number of aliphatic hydroxyl groups excluding tert-OH is 1. The van der Waals surface area contributed by atoms with E-state index in [1.807, 2.05) is 26.0 Å². The summed E-state index contributed by atoms with van der Waals surface area (Å²) in [4.78, 5) is 11.8. The van der Waals surface area contributed by atoms with Crippen molar-refractivity contribution in [3.05, 3.63) is 24.3 Å². The smallest absolute Gasteiger partial charge is 0.258 e. The summed E-state index contributed by atoms with van der Waals surface area (Å²) < 4.78 is 10.9. The fourth-order valence-corrected chi connectivity index (χ4v) is 1.60. The molecule has 0 saturated carbocycles. The first-order valence-electron chi connectivity index (χ1n) is 6.81. The molecule has 0 aliphatic rings. The van der Waals surface area contributed by atoms with Crippen molar-refractivity contribution in [3.63, 3.8) is 0 Å². The maximum atomic E-state index is 11.8. The lowest BCUT2D eigenvalue weighted by Crippen LogP contribution is -2.49. The van der Waals surface area contributed by atoms with Crippen LogP contribution in [0.2, 0.25) is 0 Å². The number of carbonyl (C=O) groups is 1. The van der Waals surface area contributed by atoms with E-state index in [0.29, 0.717) is 24.5 Å². The summed E-state index contributed by atoms with van der Waals surface area (Å²) in [6.07, 6.45) is 0.644. The molecule has 0 saturated heterocycles. The molecule has 1 atom stereocenters. The standard InChI is InChI=1S/C15H23NO4/c1-4-15(3,11-17)16-14(18)10-20-13-9-7-6-8-12(13)19-5-2/h6-9,17H,4-5,10-11H2,1-3H3,(H,16,18). The summed E-state index contributed by atoms with van der Waals surface area (Å²) in [5.41, 5.74) is -0.611. The number of para-hydroxylation sites is 2. The Kier molecular flexibility index (Phi) is 6.31. The van der Waals surface area contributed by atoms with Crippen molar-refractivity contribution in [2.45, 2.75) is 32.7 Å². The molecule has 1 unspecified atom stereocenters. The first-order chi connectivity index (χ1) is 9.54. The van der Waals surface area contributed by atoms with Gasteiger partial charge in [0.2, 0.25) is 0 Å². The van der Waals surface area contributed by atoms with Gasteiger partial charge in [0, 0.05) is 0 Å². The summed E-state index contributed by atoms with van der Waals surface area (Å²) in [5, 5.41) is 12.0. The largest absolute Gasteiger partial charge is 0.490 e. The molecule has 0 aliphatic heterocycles. The van der Waals surface area contributed by atoms with Gasteiger partial charge in [0.05, 0.1) is 18.8 Å². The Morgan fingerprint density at radius 1 is 1.25 bits per heavy atom. The molecule has 1 aromatic rings. The fourth-order valence-electron chi connectivity index (χ4n) is 1.60. The average Bonchev–Trinajstić information content (AvgIpc) is 2.46. The Labute approximate surface area is 119 Å². The molecule has 0 aromatic heterocycles. The average molecular weight is 281 g/mol. The Bertz CT molecular complexity index is 430. The minimum atomic E-state index is -0.611. The van der Waals surface area contributed by atoms with Crippen LogP contribution in [0.1, 0.15) is 27.2 Å². The van der Waals surface area contributed by atoms with Crippen molar-refractivity contribution in [1.29, 1.82) is 0 Å². The molecular weight excluding hydrogens is 258 g/mol. The molecule has 2 N–H and O–H groups in total. The van der Waals surface area contributed by atoms with Crippen LogP contribution in [0.5, 0.6) is 11.5 Å². The fraction of sp³-hybridized carbons (Fsp3) is 0.533. The first kappa shape index (κ1) is 16.3. The van der Waals surface area contributed by atoms with Crippen LogP contribution in [-0.2, 0) is 4.79 Å². The summed E-state index contributed by atoms with van der Waals surface area (Å²) in [6.45, 7) is 5.90. The third-order valence-corrected chi connectivity index (χ3v) is 3.08. The van der Waals surface area contributed by atoms with Crippen molar-refractivity contribution in [2.24, 2.45) is 0 Å². The van der Waals surface area contributed by atoms with E-state index in [2.05, 4.69) is 5.32 Å². The predicted octanol–water partition coefficient (Wildman–Crippen LogP) is 1.74. The third-order valence-electron chi connectivity index (χ3n) is 3.08. The highest BCUT2D eigenvalue weighted by Crippen LogP contribution is 2.26. The van der Waals surface area contributed by atoms with Gasteiger partial charge in [-0.25, -0.2) is 0 Å². The van der Waals surface area contributed by atoms with Crippen molar-refractivity contribution in [2.75, 3.05) is 19.8 Å². The molecule has 0 bridgehead atoms. The minimum absolute atomic E-state index is 0.106. The molecule has 1 amide bonds. The van der Waals surface area contributed by atoms with Gasteiger partial charge >= 0.3 is 0 Å². The van der Waals surface area contributed by atoms with E-state index in [4.69, 9.17) is 9.47 Å². The Balaban J connectivity index is 2.57. The van der Waals surface area contributed by atoms with Crippen molar-refractivity contribution in [3.8, 4) is 11.5 Å². The number of hydrogen-bond donors (Lipinski definition) is 2. The van der Waals surface area contributed by atoms with E-state index in [9.17, 15) is 9.90 Å². The topological polar surface area (TPSA) is 67.8 Å². The number of carbonyl (C=O) groups excluding carboxylic acids is 1. The molecule has 0 spiro atoms. The van der Waals surface area contributed by atoms with Gasteiger partial charge in [-0.3, -0.25) is 4.79 Å². The Morgan fingerprint density at radius 3 is 2.35 bits per heavy atom. The van der Waals surface area contributed by atoms with E-state index < -0.39 is 5.54 Å². The monoisotopic (exact) mass is 281 g/mol. The third kappa shape index (κ3) is 4.74. The lowest BCUT2D eigenvalue weighted by molar-refractivity contribution is -0.125. The molecule has 20 heavy (non-hydrogen) atoms. The lowest BCUT2D eigenvalue weighted by atomic mass is 10.0. The normalized spacial score (nSPS) is 13.4. The maximum Gasteiger partial charge on any atom is 0.258 e. The Hall–Kier alpha value is -1.75. The first-order valence-corrected chi connectivity index (χ1v) is 6.81. The number of ether oxygens (including phenoxy) is 2. The molecule has 0 fully saturated rings. The van der Waals surface area contributed by atoms with Crippen LogP contribution < -0.4 is 14.8 Å². The number of nitrogens with one attached hydrogen (secondary N) is 1. The van der Waals surface area contributed by atoms with Crippen LogP contribution in [0.3, 0.4) is 0 Å². The zero-order chi connectivity index (χ0) is 15.0. The molecule has 0 radical (unpaired) electrons. The molecule has 5 nitrogen and oxygen atoms in total. The molecule has 112 valence electrons. The van der Waals surface area contributed by atoms with Crippen molar-refractivity contribution >= 4 is 5.91 Å². The predicted molar refractivity (Wildman–Crippen MR) is 77.0 cm³/mol. The lowest BCUT2D eigenvalue weighted by Gasteiger charge is -2.27. The Morgan fingerprint density at radius 2 is 1.85 bits per heavy atom. The van der Waals surface area contributed by atoms with Crippen LogP contribution in [0, 0.1) is 0 Å². The summed E-state index contributed by atoms with van der Waals surface area (Å²) in [7, 11) is 0. The summed E-state index contributed by atoms with van der Waals surface area (Å²) in [5.74, 6) is 0.879.